The third-order valence-electron chi connectivity index (χ3n) is 4.40. The quantitative estimate of drug-likeness (QED) is 0.835. The molecule has 0 aromatic rings. The first-order valence-electron chi connectivity index (χ1n) is 7.24. The van der Waals surface area contributed by atoms with E-state index in [0.29, 0.717) is 13.2 Å². The van der Waals surface area contributed by atoms with E-state index >= 15 is 0 Å². The number of carbonyl (C=O) groups excluding carboxylic acids is 1. The molecule has 0 spiro atoms. The molecule has 114 valence electrons. The number of likely N-dealkylation sites (N-methyl/N-ethyl adjacent to an activating group) is 1. The van der Waals surface area contributed by atoms with Gasteiger partial charge in [-0.2, -0.15) is 0 Å². The Morgan fingerprint density at radius 2 is 1.95 bits per heavy atom. The summed E-state index contributed by atoms with van der Waals surface area (Å²) in [6.07, 6.45) is 3.93. The number of aliphatic carboxylic acids is 1. The SMILES string of the molecule is CN(C(=O)C1COCCO1)C1(CC(=O)O)CCCCC1. The lowest BCUT2D eigenvalue weighted by Crippen LogP contribution is -2.56. The van der Waals surface area contributed by atoms with E-state index in [1.807, 2.05) is 0 Å². The molecule has 1 aliphatic carbocycles. The Bertz CT molecular complexity index is 359. The molecule has 2 rings (SSSR count). The predicted molar refractivity (Wildman–Crippen MR) is 71.4 cm³/mol. The number of rotatable bonds is 4. The highest BCUT2D eigenvalue weighted by molar-refractivity contribution is 5.82. The number of carboxylic acids is 1. The number of hydrogen-bond donors (Lipinski definition) is 1. The molecule has 1 unspecified atom stereocenters. The van der Waals surface area contributed by atoms with Gasteiger partial charge in [0.1, 0.15) is 0 Å². The van der Waals surface area contributed by atoms with Crippen molar-refractivity contribution in [3.63, 3.8) is 0 Å². The number of amides is 1. The Labute approximate surface area is 119 Å². The van der Waals surface area contributed by atoms with Crippen LogP contribution in [0.1, 0.15) is 38.5 Å². The summed E-state index contributed by atoms with van der Waals surface area (Å²) in [5.74, 6) is -1.01. The number of ether oxygens (including phenoxy) is 2. The monoisotopic (exact) mass is 285 g/mol. The molecule has 0 bridgehead atoms. The van der Waals surface area contributed by atoms with Gasteiger partial charge in [0.05, 0.1) is 31.8 Å². The van der Waals surface area contributed by atoms with E-state index < -0.39 is 17.6 Å². The average molecular weight is 285 g/mol. The summed E-state index contributed by atoms with van der Waals surface area (Å²) in [5.41, 5.74) is -0.567. The van der Waals surface area contributed by atoms with Crippen LogP contribution in [0.4, 0.5) is 0 Å². The Balaban J connectivity index is 2.10. The van der Waals surface area contributed by atoms with Crippen molar-refractivity contribution in [3.05, 3.63) is 0 Å². The third-order valence-corrected chi connectivity index (χ3v) is 4.40. The summed E-state index contributed by atoms with van der Waals surface area (Å²) in [5, 5.41) is 9.18. The second kappa shape index (κ2) is 6.54. The van der Waals surface area contributed by atoms with Crippen molar-refractivity contribution in [2.24, 2.45) is 0 Å². The molecule has 1 amide bonds. The Morgan fingerprint density at radius 3 is 2.50 bits per heavy atom. The van der Waals surface area contributed by atoms with Crippen molar-refractivity contribution in [1.29, 1.82) is 0 Å². The molecule has 2 aliphatic rings. The van der Waals surface area contributed by atoms with Crippen LogP contribution in [0.5, 0.6) is 0 Å². The molecule has 1 aliphatic heterocycles. The van der Waals surface area contributed by atoms with E-state index in [-0.39, 0.29) is 18.9 Å². The maximum atomic E-state index is 12.5. The van der Waals surface area contributed by atoms with Crippen LogP contribution < -0.4 is 0 Å². The molecule has 20 heavy (non-hydrogen) atoms. The summed E-state index contributed by atoms with van der Waals surface area (Å²) < 4.78 is 10.7. The van der Waals surface area contributed by atoms with Crippen molar-refractivity contribution in [1.82, 2.24) is 4.90 Å². The maximum Gasteiger partial charge on any atom is 0.305 e. The highest BCUT2D eigenvalue weighted by Gasteiger charge is 2.42. The predicted octanol–water partition coefficient (Wildman–Crippen LogP) is 1.04. The summed E-state index contributed by atoms with van der Waals surface area (Å²) in [7, 11) is 1.70. The minimum absolute atomic E-state index is 0.00279. The molecule has 0 radical (unpaired) electrons. The lowest BCUT2D eigenvalue weighted by molar-refractivity contribution is -0.165. The molecule has 2 fully saturated rings. The zero-order chi connectivity index (χ0) is 14.6. The van der Waals surface area contributed by atoms with Gasteiger partial charge in [-0.15, -0.1) is 0 Å². The smallest absolute Gasteiger partial charge is 0.305 e. The molecular weight excluding hydrogens is 262 g/mol. The molecule has 1 heterocycles. The van der Waals surface area contributed by atoms with Crippen LogP contribution in [-0.4, -0.2) is 60.4 Å². The molecule has 1 N–H and O–H groups in total. The van der Waals surface area contributed by atoms with Gasteiger partial charge in [-0.05, 0) is 12.8 Å². The molecule has 1 atom stereocenters. The molecule has 6 nitrogen and oxygen atoms in total. The summed E-state index contributed by atoms with van der Waals surface area (Å²) in [6, 6.07) is 0. The molecule has 0 aromatic carbocycles. The fourth-order valence-electron chi connectivity index (χ4n) is 3.20. The standard InChI is InChI=1S/C14H23NO5/c1-15(13(18)11-10-19-7-8-20-11)14(9-12(16)17)5-3-2-4-6-14/h11H,2-10H2,1H3,(H,16,17). The summed E-state index contributed by atoms with van der Waals surface area (Å²) in [6.45, 7) is 1.18. The zero-order valence-corrected chi connectivity index (χ0v) is 12.0. The van der Waals surface area contributed by atoms with Gasteiger partial charge < -0.3 is 19.5 Å². The van der Waals surface area contributed by atoms with E-state index in [4.69, 9.17) is 9.47 Å². The highest BCUT2D eigenvalue weighted by Crippen LogP contribution is 2.36. The second-order valence-electron chi connectivity index (χ2n) is 5.69. The van der Waals surface area contributed by atoms with E-state index in [0.717, 1.165) is 32.1 Å². The minimum Gasteiger partial charge on any atom is -0.481 e. The van der Waals surface area contributed by atoms with Crippen LogP contribution in [0.15, 0.2) is 0 Å². The van der Waals surface area contributed by atoms with Gasteiger partial charge in [-0.1, -0.05) is 19.3 Å². The van der Waals surface area contributed by atoms with Crippen molar-refractivity contribution in [3.8, 4) is 0 Å². The van der Waals surface area contributed by atoms with Crippen molar-refractivity contribution >= 4 is 11.9 Å². The van der Waals surface area contributed by atoms with Crippen LogP contribution in [0.2, 0.25) is 0 Å². The van der Waals surface area contributed by atoms with E-state index in [2.05, 4.69) is 0 Å². The fourth-order valence-corrected chi connectivity index (χ4v) is 3.20. The van der Waals surface area contributed by atoms with Crippen molar-refractivity contribution < 1.29 is 24.2 Å². The normalized spacial score (nSPS) is 25.9. The average Bonchev–Trinajstić information content (AvgIpc) is 2.47. The van der Waals surface area contributed by atoms with Gasteiger partial charge in [0.15, 0.2) is 6.10 Å². The van der Waals surface area contributed by atoms with Crippen LogP contribution >= 0.6 is 0 Å². The van der Waals surface area contributed by atoms with Gasteiger partial charge in [0.2, 0.25) is 0 Å². The largest absolute Gasteiger partial charge is 0.481 e. The number of hydrogen-bond acceptors (Lipinski definition) is 4. The van der Waals surface area contributed by atoms with E-state index in [1.54, 1.807) is 11.9 Å². The van der Waals surface area contributed by atoms with Gasteiger partial charge in [-0.25, -0.2) is 0 Å². The first kappa shape index (κ1) is 15.3. The topological polar surface area (TPSA) is 76.1 Å². The van der Waals surface area contributed by atoms with Crippen molar-refractivity contribution in [2.45, 2.75) is 50.2 Å². The summed E-state index contributed by atoms with van der Waals surface area (Å²) in [4.78, 5) is 25.3. The lowest BCUT2D eigenvalue weighted by atomic mass is 9.78. The van der Waals surface area contributed by atoms with E-state index in [9.17, 15) is 14.7 Å². The fraction of sp³-hybridized carbons (Fsp3) is 0.857. The molecule has 6 heteroatoms. The van der Waals surface area contributed by atoms with Crippen LogP contribution in [0, 0.1) is 0 Å². The lowest BCUT2D eigenvalue weighted by Gasteiger charge is -2.45. The van der Waals surface area contributed by atoms with Gasteiger partial charge in [-0.3, -0.25) is 9.59 Å². The summed E-state index contributed by atoms with van der Waals surface area (Å²) >= 11 is 0. The molecule has 1 saturated carbocycles. The zero-order valence-electron chi connectivity index (χ0n) is 12.0. The third kappa shape index (κ3) is 3.30. The Morgan fingerprint density at radius 1 is 1.25 bits per heavy atom. The molecule has 0 aromatic heterocycles. The maximum absolute atomic E-state index is 12.5. The molecule has 1 saturated heterocycles. The first-order valence-corrected chi connectivity index (χ1v) is 7.24. The second-order valence-corrected chi connectivity index (χ2v) is 5.69. The Kier molecular flexibility index (Phi) is 4.99. The van der Waals surface area contributed by atoms with E-state index in [1.165, 1.54) is 0 Å². The van der Waals surface area contributed by atoms with Gasteiger partial charge >= 0.3 is 5.97 Å². The number of carbonyl (C=O) groups is 2. The Hall–Kier alpha value is -1.14. The van der Waals surface area contributed by atoms with Gasteiger partial charge in [0.25, 0.3) is 5.91 Å². The molecular formula is C14H23NO5. The number of carboxylic acid groups (broad SMARTS) is 1. The van der Waals surface area contributed by atoms with Gasteiger partial charge in [0, 0.05) is 7.05 Å². The number of nitrogens with zero attached hydrogens (tertiary/aromatic N) is 1. The highest BCUT2D eigenvalue weighted by atomic mass is 16.6. The van der Waals surface area contributed by atoms with Crippen molar-refractivity contribution in [2.75, 3.05) is 26.9 Å². The van der Waals surface area contributed by atoms with Crippen LogP contribution in [0.25, 0.3) is 0 Å². The van der Waals surface area contributed by atoms with Crippen LogP contribution in [-0.2, 0) is 19.1 Å². The van der Waals surface area contributed by atoms with Crippen LogP contribution in [0.3, 0.4) is 0 Å². The minimum atomic E-state index is -0.854. The first-order chi connectivity index (χ1) is 9.55.